The minimum Gasteiger partial charge on any atom is -0.330 e. The van der Waals surface area contributed by atoms with E-state index in [-0.39, 0.29) is 0 Å². The van der Waals surface area contributed by atoms with Crippen molar-refractivity contribution in [2.75, 3.05) is 31.5 Å². The zero-order valence-electron chi connectivity index (χ0n) is 16.6. The van der Waals surface area contributed by atoms with Crippen LogP contribution in [0.4, 0.5) is 0 Å². The van der Waals surface area contributed by atoms with Crippen LogP contribution in [-0.4, -0.2) is 31.5 Å². The first kappa shape index (κ1) is 29.8. The van der Waals surface area contributed by atoms with Gasteiger partial charge in [0, 0.05) is 6.42 Å². The molecule has 150 valence electrons. The maximum Gasteiger partial charge on any atom is 0.0642 e. The van der Waals surface area contributed by atoms with Crippen molar-refractivity contribution in [1.82, 2.24) is 5.32 Å². The number of alkyl halides is 1. The molecule has 0 bridgehead atoms. The van der Waals surface area contributed by atoms with Crippen LogP contribution >= 0.6 is 15.9 Å². The number of halogens is 1. The van der Waals surface area contributed by atoms with Gasteiger partial charge in [-0.15, -0.1) is 25.2 Å². The van der Waals surface area contributed by atoms with Crippen molar-refractivity contribution in [2.45, 2.75) is 70.6 Å². The summed E-state index contributed by atoms with van der Waals surface area (Å²) in [6.07, 6.45) is 28.4. The Hall–Kier alpha value is -0.960. The summed E-state index contributed by atoms with van der Waals surface area (Å²) in [6.45, 7) is 3.39. The molecule has 0 saturated heterocycles. The zero-order valence-corrected chi connectivity index (χ0v) is 18.2. The second-order valence-corrected chi connectivity index (χ2v) is 6.35. The Morgan fingerprint density at radius 2 is 1.12 bits per heavy atom. The molecule has 0 aromatic rings. The van der Waals surface area contributed by atoms with Gasteiger partial charge in [-0.25, -0.2) is 0 Å². The first-order valence-electron chi connectivity index (χ1n) is 9.72. The second-order valence-electron chi connectivity index (χ2n) is 5.79. The summed E-state index contributed by atoms with van der Waals surface area (Å²) in [5.41, 5.74) is 10.6. The first-order valence-corrected chi connectivity index (χ1v) is 10.8. The molecular weight excluding hydrogens is 386 g/mol. The van der Waals surface area contributed by atoms with E-state index >= 15 is 0 Å². The highest BCUT2D eigenvalue weighted by molar-refractivity contribution is 9.09. The smallest absolute Gasteiger partial charge is 0.0642 e. The first-order chi connectivity index (χ1) is 12.7. The normalized spacial score (nSPS) is 8.77. The molecule has 0 spiro atoms. The lowest BCUT2D eigenvalue weighted by molar-refractivity contribution is 0.580. The number of unbranched alkanes of at least 4 members (excludes halogenated alkanes) is 9. The van der Waals surface area contributed by atoms with Crippen molar-refractivity contribution < 1.29 is 0 Å². The highest BCUT2D eigenvalue weighted by Crippen LogP contribution is 2.06. The van der Waals surface area contributed by atoms with Gasteiger partial charge in [-0.05, 0) is 45.3 Å². The molecule has 4 heteroatoms. The van der Waals surface area contributed by atoms with Crippen LogP contribution in [0.3, 0.4) is 0 Å². The van der Waals surface area contributed by atoms with E-state index in [0.717, 1.165) is 38.9 Å². The second kappa shape index (κ2) is 35.2. The van der Waals surface area contributed by atoms with Crippen molar-refractivity contribution in [2.24, 2.45) is 11.5 Å². The van der Waals surface area contributed by atoms with Crippen molar-refractivity contribution >= 4 is 15.9 Å². The third-order valence-electron chi connectivity index (χ3n) is 3.39. The lowest BCUT2D eigenvalue weighted by Crippen LogP contribution is -2.14. The van der Waals surface area contributed by atoms with Crippen LogP contribution in [0.2, 0.25) is 0 Å². The Kier molecular flexibility index (Phi) is 40.3. The molecule has 0 fully saturated rings. The van der Waals surface area contributed by atoms with E-state index in [9.17, 15) is 0 Å². The molecule has 0 radical (unpaired) electrons. The molecular formula is C22H40BrN3. The van der Waals surface area contributed by atoms with Gasteiger partial charge in [0.25, 0.3) is 0 Å². The summed E-state index contributed by atoms with van der Waals surface area (Å²) in [5, 5.41) is 3.84. The van der Waals surface area contributed by atoms with Crippen LogP contribution < -0.4 is 16.8 Å². The molecule has 0 amide bonds. The van der Waals surface area contributed by atoms with Gasteiger partial charge in [-0.3, -0.25) is 0 Å². The fraction of sp³-hybridized carbons (Fsp3) is 0.727. The lowest BCUT2D eigenvalue weighted by Gasteiger charge is -2.01. The predicted molar refractivity (Wildman–Crippen MR) is 122 cm³/mol. The molecule has 0 aliphatic carbocycles. The largest absolute Gasteiger partial charge is 0.330 e. The summed E-state index contributed by atoms with van der Waals surface area (Å²) in [4.78, 5) is 0. The predicted octanol–water partition coefficient (Wildman–Crippen LogP) is 4.05. The molecule has 0 aliphatic rings. The molecule has 0 aromatic carbocycles. The Morgan fingerprint density at radius 3 is 1.54 bits per heavy atom. The van der Waals surface area contributed by atoms with Crippen LogP contribution in [0.1, 0.15) is 70.6 Å². The topological polar surface area (TPSA) is 64.1 Å². The molecule has 0 heterocycles. The lowest BCUT2D eigenvalue weighted by atomic mass is 10.1. The number of nitrogens with two attached hydrogens (primary N) is 2. The number of hydrogen-bond acceptors (Lipinski definition) is 3. The third kappa shape index (κ3) is 43.5. The van der Waals surface area contributed by atoms with Gasteiger partial charge in [-0.2, -0.15) is 0 Å². The molecule has 0 atom stereocenters. The summed E-state index contributed by atoms with van der Waals surface area (Å²) >= 11 is 3.01. The van der Waals surface area contributed by atoms with Gasteiger partial charge in [0.05, 0.1) is 11.9 Å². The molecule has 26 heavy (non-hydrogen) atoms. The van der Waals surface area contributed by atoms with Gasteiger partial charge in [0.2, 0.25) is 0 Å². The minimum atomic E-state index is 0.660. The van der Waals surface area contributed by atoms with Crippen molar-refractivity contribution in [3.8, 4) is 37.0 Å². The van der Waals surface area contributed by atoms with Crippen LogP contribution in [0.15, 0.2) is 0 Å². The number of terminal acetylenes is 3. The summed E-state index contributed by atoms with van der Waals surface area (Å²) in [5.74, 6) is 7.57. The average Bonchev–Trinajstić information content (AvgIpc) is 2.67. The molecule has 0 saturated carbocycles. The van der Waals surface area contributed by atoms with E-state index in [1.54, 1.807) is 0 Å². The van der Waals surface area contributed by atoms with Crippen LogP contribution in [0.5, 0.6) is 0 Å². The van der Waals surface area contributed by atoms with Gasteiger partial charge >= 0.3 is 0 Å². The highest BCUT2D eigenvalue weighted by Gasteiger charge is 1.90. The maximum absolute atomic E-state index is 5.28. The fourth-order valence-corrected chi connectivity index (χ4v) is 1.99. The molecule has 0 rings (SSSR count). The average molecular weight is 426 g/mol. The monoisotopic (exact) mass is 425 g/mol. The maximum atomic E-state index is 5.28. The standard InChI is InChI=1S/C13H21N.C6H16N2.C3H3Br/c1-3-5-6-7-8-9-10-11-13-14-12-4-2;7-5-3-1-2-4-6-8;1-2-3-4/h1-2,14H,5-13H2;1-8H2;1H,3H2. The van der Waals surface area contributed by atoms with Crippen LogP contribution in [0, 0.1) is 37.0 Å². The number of rotatable bonds is 14. The quantitative estimate of drug-likeness (QED) is 0.223. The molecule has 3 nitrogen and oxygen atoms in total. The van der Waals surface area contributed by atoms with E-state index in [1.165, 1.54) is 51.4 Å². The van der Waals surface area contributed by atoms with Gasteiger partial charge in [0.15, 0.2) is 0 Å². The molecule has 5 N–H and O–H groups in total. The third-order valence-corrected chi connectivity index (χ3v) is 3.71. The van der Waals surface area contributed by atoms with E-state index in [2.05, 4.69) is 39.0 Å². The SMILES string of the molecule is C#CCBr.C#CCCCCCCCCNCC#C.NCCCCCCN. The van der Waals surface area contributed by atoms with E-state index < -0.39 is 0 Å². The van der Waals surface area contributed by atoms with Crippen molar-refractivity contribution in [3.05, 3.63) is 0 Å². The van der Waals surface area contributed by atoms with Gasteiger partial charge in [-0.1, -0.05) is 66.3 Å². The Balaban J connectivity index is -0.000000370. The number of hydrogen-bond donors (Lipinski definition) is 3. The molecule has 0 unspecified atom stereocenters. The van der Waals surface area contributed by atoms with Crippen molar-refractivity contribution in [3.63, 3.8) is 0 Å². The van der Waals surface area contributed by atoms with Crippen LogP contribution in [0.25, 0.3) is 0 Å². The summed E-state index contributed by atoms with van der Waals surface area (Å²) in [6, 6.07) is 0. The minimum absolute atomic E-state index is 0.660. The highest BCUT2D eigenvalue weighted by atomic mass is 79.9. The Bertz CT molecular complexity index is 322. The van der Waals surface area contributed by atoms with Crippen molar-refractivity contribution in [1.29, 1.82) is 0 Å². The number of nitrogens with one attached hydrogen (secondary N) is 1. The summed E-state index contributed by atoms with van der Waals surface area (Å²) in [7, 11) is 0. The Labute approximate surface area is 172 Å². The fourth-order valence-electron chi connectivity index (χ4n) is 1.99. The van der Waals surface area contributed by atoms with Gasteiger partial charge in [0.1, 0.15) is 0 Å². The van der Waals surface area contributed by atoms with E-state index in [1.807, 2.05) is 0 Å². The Morgan fingerprint density at radius 1 is 0.654 bits per heavy atom. The van der Waals surface area contributed by atoms with E-state index in [0.29, 0.717) is 11.9 Å². The van der Waals surface area contributed by atoms with Gasteiger partial charge < -0.3 is 16.8 Å². The summed E-state index contributed by atoms with van der Waals surface area (Å²) < 4.78 is 0. The van der Waals surface area contributed by atoms with E-state index in [4.69, 9.17) is 30.7 Å². The van der Waals surface area contributed by atoms with Crippen LogP contribution in [-0.2, 0) is 0 Å². The zero-order chi connectivity index (χ0) is 20.1. The molecule has 0 aliphatic heterocycles. The molecule has 0 aromatic heterocycles.